The molecule has 1 amide bonds. The second-order valence-electron chi connectivity index (χ2n) is 6.04. The van der Waals surface area contributed by atoms with Gasteiger partial charge in [-0.05, 0) is 30.2 Å². The zero-order valence-electron chi connectivity index (χ0n) is 13.6. The van der Waals surface area contributed by atoms with Crippen LogP contribution < -0.4 is 4.90 Å². The van der Waals surface area contributed by atoms with Crippen LogP contribution in [-0.4, -0.2) is 37.0 Å². The zero-order valence-corrected chi connectivity index (χ0v) is 15.1. The van der Waals surface area contributed by atoms with Gasteiger partial charge >= 0.3 is 0 Å². The van der Waals surface area contributed by atoms with Gasteiger partial charge in [-0.3, -0.25) is 4.79 Å². The van der Waals surface area contributed by atoms with Gasteiger partial charge in [-0.1, -0.05) is 53.5 Å². The van der Waals surface area contributed by atoms with E-state index in [4.69, 9.17) is 23.2 Å². The standard InChI is InChI=1S/C19H20Cl2N2O/c1-14-5-2-3-6-15(14)13-18(24)23-11-9-22(10-12-23)17-8-4-7-16(20)19(17)21/h2-8H,9-13H2,1H3. The molecule has 1 aliphatic heterocycles. The largest absolute Gasteiger partial charge is 0.367 e. The Kier molecular flexibility index (Phi) is 5.32. The minimum Gasteiger partial charge on any atom is -0.367 e. The summed E-state index contributed by atoms with van der Waals surface area (Å²) in [5.74, 6) is 0.182. The SMILES string of the molecule is Cc1ccccc1CC(=O)N1CCN(c2cccc(Cl)c2Cl)CC1. The Labute approximate surface area is 152 Å². The minimum atomic E-state index is 0.182. The molecule has 1 aliphatic rings. The number of piperazine rings is 1. The highest BCUT2D eigenvalue weighted by Gasteiger charge is 2.23. The van der Waals surface area contributed by atoms with Crippen molar-refractivity contribution in [3.8, 4) is 0 Å². The average molecular weight is 363 g/mol. The van der Waals surface area contributed by atoms with Gasteiger partial charge in [0, 0.05) is 26.2 Å². The van der Waals surface area contributed by atoms with Gasteiger partial charge in [0.15, 0.2) is 0 Å². The molecular weight excluding hydrogens is 343 g/mol. The molecular formula is C19H20Cl2N2O. The number of benzene rings is 2. The van der Waals surface area contributed by atoms with Crippen LogP contribution in [-0.2, 0) is 11.2 Å². The van der Waals surface area contributed by atoms with Crippen LogP contribution in [0.15, 0.2) is 42.5 Å². The lowest BCUT2D eigenvalue weighted by Crippen LogP contribution is -2.49. The lowest BCUT2D eigenvalue weighted by Gasteiger charge is -2.36. The summed E-state index contributed by atoms with van der Waals surface area (Å²) >= 11 is 12.4. The fourth-order valence-corrected chi connectivity index (χ4v) is 3.43. The molecule has 1 saturated heterocycles. The molecule has 0 aromatic heterocycles. The van der Waals surface area contributed by atoms with E-state index in [2.05, 4.69) is 4.90 Å². The van der Waals surface area contributed by atoms with E-state index in [1.54, 1.807) is 6.07 Å². The molecule has 0 aliphatic carbocycles. The Morgan fingerprint density at radius 2 is 1.71 bits per heavy atom. The highest BCUT2D eigenvalue weighted by atomic mass is 35.5. The van der Waals surface area contributed by atoms with Crippen molar-refractivity contribution in [1.82, 2.24) is 4.90 Å². The molecule has 0 saturated carbocycles. The van der Waals surface area contributed by atoms with E-state index in [9.17, 15) is 4.79 Å². The zero-order chi connectivity index (χ0) is 17.1. The number of carbonyl (C=O) groups excluding carboxylic acids is 1. The number of hydrogen-bond donors (Lipinski definition) is 0. The maximum atomic E-state index is 12.5. The summed E-state index contributed by atoms with van der Waals surface area (Å²) in [7, 11) is 0. The predicted octanol–water partition coefficient (Wildman–Crippen LogP) is 4.19. The molecule has 126 valence electrons. The third kappa shape index (κ3) is 3.68. The summed E-state index contributed by atoms with van der Waals surface area (Å²) in [6.45, 7) is 4.97. The van der Waals surface area contributed by atoms with Crippen molar-refractivity contribution in [3.63, 3.8) is 0 Å². The predicted molar refractivity (Wildman–Crippen MR) is 100 cm³/mol. The quantitative estimate of drug-likeness (QED) is 0.816. The van der Waals surface area contributed by atoms with Crippen molar-refractivity contribution in [3.05, 3.63) is 63.6 Å². The highest BCUT2D eigenvalue weighted by molar-refractivity contribution is 6.43. The third-order valence-electron chi connectivity index (χ3n) is 4.51. The molecule has 3 rings (SSSR count). The van der Waals surface area contributed by atoms with Crippen LogP contribution in [0.1, 0.15) is 11.1 Å². The van der Waals surface area contributed by atoms with Crippen molar-refractivity contribution < 1.29 is 4.79 Å². The van der Waals surface area contributed by atoms with E-state index < -0.39 is 0 Å². The van der Waals surface area contributed by atoms with E-state index >= 15 is 0 Å². The Balaban J connectivity index is 1.62. The smallest absolute Gasteiger partial charge is 0.227 e. The lowest BCUT2D eigenvalue weighted by atomic mass is 10.1. The van der Waals surface area contributed by atoms with Gasteiger partial charge in [-0.15, -0.1) is 0 Å². The fraction of sp³-hybridized carbons (Fsp3) is 0.316. The first kappa shape index (κ1) is 17.1. The topological polar surface area (TPSA) is 23.6 Å². The molecule has 24 heavy (non-hydrogen) atoms. The molecule has 1 heterocycles. The molecule has 2 aromatic carbocycles. The monoisotopic (exact) mass is 362 g/mol. The van der Waals surface area contributed by atoms with Crippen LogP contribution in [0.3, 0.4) is 0 Å². The maximum absolute atomic E-state index is 12.5. The Bertz CT molecular complexity index is 740. The molecule has 0 unspecified atom stereocenters. The van der Waals surface area contributed by atoms with Gasteiger partial charge in [0.25, 0.3) is 0 Å². The second-order valence-corrected chi connectivity index (χ2v) is 6.83. The normalized spacial score (nSPS) is 14.8. The summed E-state index contributed by atoms with van der Waals surface area (Å²) in [6.07, 6.45) is 0.463. The van der Waals surface area contributed by atoms with E-state index in [0.29, 0.717) is 29.6 Å². The average Bonchev–Trinajstić information content (AvgIpc) is 2.59. The minimum absolute atomic E-state index is 0.182. The van der Waals surface area contributed by atoms with Crippen LogP contribution in [0.2, 0.25) is 10.0 Å². The molecule has 5 heteroatoms. The van der Waals surface area contributed by atoms with E-state index in [-0.39, 0.29) is 5.91 Å². The number of carbonyl (C=O) groups is 1. The number of anilines is 1. The van der Waals surface area contributed by atoms with Crippen molar-refractivity contribution in [2.24, 2.45) is 0 Å². The summed E-state index contributed by atoms with van der Waals surface area (Å²) in [5.41, 5.74) is 3.20. The number of nitrogens with zero attached hydrogens (tertiary/aromatic N) is 2. The summed E-state index contributed by atoms with van der Waals surface area (Å²) in [4.78, 5) is 16.7. The summed E-state index contributed by atoms with van der Waals surface area (Å²) < 4.78 is 0. The molecule has 1 fully saturated rings. The number of amides is 1. The summed E-state index contributed by atoms with van der Waals surface area (Å²) in [6, 6.07) is 13.7. The van der Waals surface area contributed by atoms with Crippen LogP contribution in [0, 0.1) is 6.92 Å². The first-order chi connectivity index (χ1) is 11.6. The molecule has 3 nitrogen and oxygen atoms in total. The Hall–Kier alpha value is -1.71. The van der Waals surface area contributed by atoms with Crippen molar-refractivity contribution >= 4 is 34.8 Å². The van der Waals surface area contributed by atoms with Gasteiger partial charge in [0.1, 0.15) is 0 Å². The van der Waals surface area contributed by atoms with E-state index in [1.165, 1.54) is 0 Å². The second kappa shape index (κ2) is 7.45. The molecule has 0 N–H and O–H groups in total. The number of rotatable bonds is 3. The first-order valence-electron chi connectivity index (χ1n) is 8.07. The van der Waals surface area contributed by atoms with Crippen molar-refractivity contribution in [2.75, 3.05) is 31.1 Å². The molecule has 0 radical (unpaired) electrons. The van der Waals surface area contributed by atoms with Crippen molar-refractivity contribution in [1.29, 1.82) is 0 Å². The number of halogens is 2. The van der Waals surface area contributed by atoms with E-state index in [0.717, 1.165) is 29.9 Å². The molecule has 0 bridgehead atoms. The Morgan fingerprint density at radius 1 is 1.00 bits per heavy atom. The van der Waals surface area contributed by atoms with Crippen LogP contribution in [0.5, 0.6) is 0 Å². The van der Waals surface area contributed by atoms with Crippen molar-refractivity contribution in [2.45, 2.75) is 13.3 Å². The van der Waals surface area contributed by atoms with Crippen LogP contribution >= 0.6 is 23.2 Å². The van der Waals surface area contributed by atoms with Crippen LogP contribution in [0.4, 0.5) is 5.69 Å². The van der Waals surface area contributed by atoms with Gasteiger partial charge < -0.3 is 9.80 Å². The molecule has 0 spiro atoms. The van der Waals surface area contributed by atoms with E-state index in [1.807, 2.05) is 48.2 Å². The fourth-order valence-electron chi connectivity index (χ4n) is 3.02. The number of aryl methyl sites for hydroxylation is 1. The number of hydrogen-bond acceptors (Lipinski definition) is 2. The molecule has 0 atom stereocenters. The maximum Gasteiger partial charge on any atom is 0.227 e. The van der Waals surface area contributed by atoms with Crippen LogP contribution in [0.25, 0.3) is 0 Å². The highest BCUT2D eigenvalue weighted by Crippen LogP contribution is 2.32. The molecule has 2 aromatic rings. The third-order valence-corrected chi connectivity index (χ3v) is 5.32. The van der Waals surface area contributed by atoms with Gasteiger partial charge in [-0.25, -0.2) is 0 Å². The Morgan fingerprint density at radius 3 is 2.42 bits per heavy atom. The first-order valence-corrected chi connectivity index (χ1v) is 8.83. The van der Waals surface area contributed by atoms with Gasteiger partial charge in [0.05, 0.1) is 22.2 Å². The lowest BCUT2D eigenvalue weighted by molar-refractivity contribution is -0.130. The van der Waals surface area contributed by atoms with Gasteiger partial charge in [-0.2, -0.15) is 0 Å². The van der Waals surface area contributed by atoms with Gasteiger partial charge in [0.2, 0.25) is 5.91 Å². The summed E-state index contributed by atoms with van der Waals surface area (Å²) in [5, 5.41) is 1.14.